The van der Waals surface area contributed by atoms with E-state index in [1.54, 1.807) is 24.5 Å². The highest BCUT2D eigenvalue weighted by molar-refractivity contribution is 6.05. The second-order valence-corrected chi connectivity index (χ2v) is 6.44. The standard InChI is InChI=1S/C22H19N5O2/c28-21(16-7-3-1-4-8-16)25-13-15-11-18-19(14-24-20(18)23-12-15)27-22(29)26-17-9-5-2-6-10-17/h1-12,14H,13H2,(H,23,24)(H,25,28)(H2,26,27,29). The number of anilines is 2. The molecule has 2 aromatic heterocycles. The number of H-pyrrole nitrogens is 1. The number of amides is 3. The van der Waals surface area contributed by atoms with E-state index in [4.69, 9.17) is 0 Å². The number of nitrogens with one attached hydrogen (secondary N) is 4. The smallest absolute Gasteiger partial charge is 0.323 e. The Hall–Kier alpha value is -4.13. The van der Waals surface area contributed by atoms with Gasteiger partial charge < -0.3 is 20.9 Å². The highest BCUT2D eigenvalue weighted by Gasteiger charge is 2.10. The van der Waals surface area contributed by atoms with Crippen molar-refractivity contribution in [3.05, 3.63) is 90.3 Å². The van der Waals surface area contributed by atoms with Crippen LogP contribution < -0.4 is 16.0 Å². The summed E-state index contributed by atoms with van der Waals surface area (Å²) in [5.74, 6) is -0.152. The average molecular weight is 385 g/mol. The number of benzene rings is 2. The van der Waals surface area contributed by atoms with Gasteiger partial charge in [0.1, 0.15) is 5.65 Å². The second-order valence-electron chi connectivity index (χ2n) is 6.44. The van der Waals surface area contributed by atoms with Gasteiger partial charge in [0.2, 0.25) is 0 Å². The summed E-state index contributed by atoms with van der Waals surface area (Å²) < 4.78 is 0. The maximum absolute atomic E-state index is 12.3. The summed E-state index contributed by atoms with van der Waals surface area (Å²) in [4.78, 5) is 31.9. The molecule has 0 aliphatic carbocycles. The van der Waals surface area contributed by atoms with Gasteiger partial charge in [-0.2, -0.15) is 0 Å². The summed E-state index contributed by atoms with van der Waals surface area (Å²) in [5.41, 5.74) is 3.39. The van der Waals surface area contributed by atoms with Crippen LogP contribution in [0.15, 0.2) is 79.1 Å². The summed E-state index contributed by atoms with van der Waals surface area (Å²) in [6.07, 6.45) is 3.38. The molecule has 2 heterocycles. The average Bonchev–Trinajstić information content (AvgIpc) is 3.15. The third-order valence-electron chi connectivity index (χ3n) is 4.36. The molecule has 29 heavy (non-hydrogen) atoms. The van der Waals surface area contributed by atoms with E-state index >= 15 is 0 Å². The summed E-state index contributed by atoms with van der Waals surface area (Å²) in [6, 6.07) is 19.8. The van der Waals surface area contributed by atoms with Crippen LogP contribution in [0.5, 0.6) is 0 Å². The third kappa shape index (κ3) is 4.41. The van der Waals surface area contributed by atoms with Crippen molar-refractivity contribution >= 4 is 34.3 Å². The molecule has 0 unspecified atom stereocenters. The van der Waals surface area contributed by atoms with Gasteiger partial charge in [0.15, 0.2) is 0 Å². The number of para-hydroxylation sites is 1. The zero-order valence-corrected chi connectivity index (χ0v) is 15.5. The van der Waals surface area contributed by atoms with E-state index in [1.165, 1.54) is 0 Å². The lowest BCUT2D eigenvalue weighted by Gasteiger charge is -2.08. The first-order chi connectivity index (χ1) is 14.2. The number of rotatable bonds is 5. The van der Waals surface area contributed by atoms with Gasteiger partial charge in [-0.05, 0) is 35.9 Å². The van der Waals surface area contributed by atoms with Crippen LogP contribution in [0, 0.1) is 0 Å². The Morgan fingerprint density at radius 1 is 0.931 bits per heavy atom. The molecular weight excluding hydrogens is 366 g/mol. The fourth-order valence-electron chi connectivity index (χ4n) is 2.93. The number of fused-ring (bicyclic) bond motifs is 1. The highest BCUT2D eigenvalue weighted by atomic mass is 16.2. The molecule has 0 spiro atoms. The predicted octanol–water partition coefficient (Wildman–Crippen LogP) is 4.14. The number of nitrogens with zero attached hydrogens (tertiary/aromatic N) is 1. The lowest BCUT2D eigenvalue weighted by Crippen LogP contribution is -2.22. The molecule has 0 aliphatic heterocycles. The normalized spacial score (nSPS) is 10.5. The van der Waals surface area contributed by atoms with Crippen molar-refractivity contribution in [1.82, 2.24) is 15.3 Å². The van der Waals surface area contributed by atoms with Crippen LogP contribution in [0.3, 0.4) is 0 Å². The minimum absolute atomic E-state index is 0.152. The van der Waals surface area contributed by atoms with E-state index < -0.39 is 0 Å². The number of pyridine rings is 1. The first-order valence-electron chi connectivity index (χ1n) is 9.11. The van der Waals surface area contributed by atoms with E-state index in [0.29, 0.717) is 29.1 Å². The monoisotopic (exact) mass is 385 g/mol. The molecule has 0 bridgehead atoms. The molecule has 4 N–H and O–H groups in total. The molecule has 4 aromatic rings. The number of urea groups is 1. The second kappa shape index (κ2) is 8.26. The summed E-state index contributed by atoms with van der Waals surface area (Å²) >= 11 is 0. The zero-order chi connectivity index (χ0) is 20.1. The van der Waals surface area contributed by atoms with Gasteiger partial charge >= 0.3 is 6.03 Å². The van der Waals surface area contributed by atoms with Gasteiger partial charge in [-0.3, -0.25) is 4.79 Å². The van der Waals surface area contributed by atoms with Gasteiger partial charge in [0, 0.05) is 35.6 Å². The minimum atomic E-state index is -0.347. The molecule has 0 aliphatic rings. The topological polar surface area (TPSA) is 98.9 Å². The molecule has 0 atom stereocenters. The van der Waals surface area contributed by atoms with Gasteiger partial charge in [0.25, 0.3) is 5.91 Å². The number of carbonyl (C=O) groups is 2. The van der Waals surface area contributed by atoms with Crippen molar-refractivity contribution in [2.24, 2.45) is 0 Å². The van der Waals surface area contributed by atoms with Crippen LogP contribution >= 0.6 is 0 Å². The van der Waals surface area contributed by atoms with Gasteiger partial charge in [0.05, 0.1) is 5.69 Å². The summed E-state index contributed by atoms with van der Waals surface area (Å²) in [7, 11) is 0. The van der Waals surface area contributed by atoms with E-state index in [0.717, 1.165) is 10.9 Å². The molecule has 144 valence electrons. The molecule has 0 saturated carbocycles. The lowest BCUT2D eigenvalue weighted by atomic mass is 10.2. The molecule has 0 saturated heterocycles. The lowest BCUT2D eigenvalue weighted by molar-refractivity contribution is 0.0951. The van der Waals surface area contributed by atoms with E-state index in [1.807, 2.05) is 54.6 Å². The van der Waals surface area contributed by atoms with Crippen LogP contribution in [0.25, 0.3) is 11.0 Å². The molecule has 4 rings (SSSR count). The van der Waals surface area contributed by atoms with Crippen molar-refractivity contribution in [3.63, 3.8) is 0 Å². The summed E-state index contributed by atoms with van der Waals surface area (Å²) in [6.45, 7) is 0.331. The first-order valence-corrected chi connectivity index (χ1v) is 9.11. The van der Waals surface area contributed by atoms with E-state index in [9.17, 15) is 9.59 Å². The van der Waals surface area contributed by atoms with Crippen molar-refractivity contribution in [1.29, 1.82) is 0 Å². The number of carbonyl (C=O) groups excluding carboxylic acids is 2. The van der Waals surface area contributed by atoms with E-state index in [-0.39, 0.29) is 11.9 Å². The Kier molecular flexibility index (Phi) is 5.20. The van der Waals surface area contributed by atoms with Gasteiger partial charge in [-0.25, -0.2) is 9.78 Å². The van der Waals surface area contributed by atoms with Gasteiger partial charge in [-0.1, -0.05) is 36.4 Å². The van der Waals surface area contributed by atoms with Crippen LogP contribution in [-0.4, -0.2) is 21.9 Å². The summed E-state index contributed by atoms with van der Waals surface area (Å²) in [5, 5.41) is 9.24. The van der Waals surface area contributed by atoms with E-state index in [2.05, 4.69) is 25.9 Å². The maximum atomic E-state index is 12.3. The molecular formula is C22H19N5O2. The van der Waals surface area contributed by atoms with Crippen molar-refractivity contribution in [2.75, 3.05) is 10.6 Å². The Morgan fingerprint density at radius 2 is 1.66 bits per heavy atom. The first kappa shape index (κ1) is 18.2. The minimum Gasteiger partial charge on any atom is -0.348 e. The number of aromatic amines is 1. The Bertz CT molecular complexity index is 1140. The third-order valence-corrected chi connectivity index (χ3v) is 4.36. The predicted molar refractivity (Wildman–Crippen MR) is 113 cm³/mol. The zero-order valence-electron chi connectivity index (χ0n) is 15.5. The molecule has 7 nitrogen and oxygen atoms in total. The Morgan fingerprint density at radius 3 is 2.41 bits per heavy atom. The van der Waals surface area contributed by atoms with Crippen LogP contribution in [0.2, 0.25) is 0 Å². The van der Waals surface area contributed by atoms with Crippen molar-refractivity contribution < 1.29 is 9.59 Å². The van der Waals surface area contributed by atoms with Gasteiger partial charge in [-0.15, -0.1) is 0 Å². The maximum Gasteiger partial charge on any atom is 0.323 e. The highest BCUT2D eigenvalue weighted by Crippen LogP contribution is 2.23. The fraction of sp³-hybridized carbons (Fsp3) is 0.0455. The molecule has 2 aromatic carbocycles. The fourth-order valence-corrected chi connectivity index (χ4v) is 2.93. The number of hydrogen-bond donors (Lipinski definition) is 4. The molecule has 0 fully saturated rings. The molecule has 0 radical (unpaired) electrons. The van der Waals surface area contributed by atoms with Crippen LogP contribution in [-0.2, 0) is 6.54 Å². The Balaban J connectivity index is 1.44. The molecule has 3 amide bonds. The largest absolute Gasteiger partial charge is 0.348 e. The number of aromatic nitrogens is 2. The molecule has 7 heteroatoms. The van der Waals surface area contributed by atoms with Crippen LogP contribution in [0.4, 0.5) is 16.2 Å². The van der Waals surface area contributed by atoms with Crippen molar-refractivity contribution in [2.45, 2.75) is 6.54 Å². The van der Waals surface area contributed by atoms with Crippen molar-refractivity contribution in [3.8, 4) is 0 Å². The SMILES string of the molecule is O=C(Nc1ccccc1)Nc1c[nH]c2ncc(CNC(=O)c3ccccc3)cc12. The Labute approximate surface area is 167 Å². The quantitative estimate of drug-likeness (QED) is 0.415. The number of hydrogen-bond acceptors (Lipinski definition) is 3. The van der Waals surface area contributed by atoms with Crippen LogP contribution in [0.1, 0.15) is 15.9 Å².